The van der Waals surface area contributed by atoms with E-state index in [1.807, 2.05) is 19.1 Å². The van der Waals surface area contributed by atoms with Gasteiger partial charge in [0.2, 0.25) is 0 Å². The van der Waals surface area contributed by atoms with Crippen LogP contribution in [0.3, 0.4) is 0 Å². The molecule has 144 valence electrons. The molecular weight excluding hydrogens is 389 g/mol. The van der Waals surface area contributed by atoms with Gasteiger partial charge in [-0.05, 0) is 48.7 Å². The molecule has 0 heterocycles. The van der Waals surface area contributed by atoms with E-state index in [2.05, 4.69) is 5.32 Å². The van der Waals surface area contributed by atoms with Crippen LogP contribution < -0.4 is 14.8 Å². The summed E-state index contributed by atoms with van der Waals surface area (Å²) in [6.07, 6.45) is 2.61. The Kier molecular flexibility index (Phi) is 7.98. The number of benzene rings is 2. The minimum absolute atomic E-state index is 0.285. The largest absolute Gasteiger partial charge is 0.493 e. The van der Waals surface area contributed by atoms with Gasteiger partial charge in [-0.25, -0.2) is 0 Å². The first kappa shape index (κ1) is 21.1. The van der Waals surface area contributed by atoms with Crippen LogP contribution in [-0.2, 0) is 11.2 Å². The molecule has 1 unspecified atom stereocenters. The van der Waals surface area contributed by atoms with Gasteiger partial charge in [0, 0.05) is 6.54 Å². The lowest BCUT2D eigenvalue weighted by molar-refractivity contribution is -0.129. The highest BCUT2D eigenvalue weighted by atomic mass is 35.5. The second-order valence-electron chi connectivity index (χ2n) is 5.69. The third-order valence-electron chi connectivity index (χ3n) is 3.78. The van der Waals surface area contributed by atoms with Crippen LogP contribution >= 0.6 is 23.2 Å². The third-order valence-corrected chi connectivity index (χ3v) is 4.52. The van der Waals surface area contributed by atoms with Crippen LogP contribution in [0.1, 0.15) is 24.2 Å². The molecule has 0 aromatic heterocycles. The molecule has 0 radical (unpaired) electrons. The summed E-state index contributed by atoms with van der Waals surface area (Å²) in [5.41, 5.74) is 1.35. The lowest BCUT2D eigenvalue weighted by Crippen LogP contribution is -2.31. The lowest BCUT2D eigenvalue weighted by Gasteiger charge is -2.13. The molecule has 1 amide bonds. The van der Waals surface area contributed by atoms with Gasteiger partial charge >= 0.3 is 0 Å². The average molecular weight is 410 g/mol. The summed E-state index contributed by atoms with van der Waals surface area (Å²) in [6.45, 7) is 2.21. The molecule has 0 saturated carbocycles. The second kappa shape index (κ2) is 10.2. The molecule has 2 N–H and O–H groups in total. The summed E-state index contributed by atoms with van der Waals surface area (Å²) in [6, 6.07) is 10.1. The van der Waals surface area contributed by atoms with Crippen LogP contribution in [0.25, 0.3) is 0 Å². The number of amides is 1. The summed E-state index contributed by atoms with van der Waals surface area (Å²) in [7, 11) is 1.57. The van der Waals surface area contributed by atoms with Crippen molar-refractivity contribution in [3.8, 4) is 11.5 Å². The number of allylic oxidation sites excluding steroid dienone is 1. The Labute approximate surface area is 168 Å². The molecule has 2 aromatic rings. The fourth-order valence-corrected chi connectivity index (χ4v) is 2.67. The smallest absolute Gasteiger partial charge is 0.253 e. The maximum atomic E-state index is 12.1. The van der Waals surface area contributed by atoms with Crippen molar-refractivity contribution in [3.63, 3.8) is 0 Å². The summed E-state index contributed by atoms with van der Waals surface area (Å²) >= 11 is 11.8. The highest BCUT2D eigenvalue weighted by Gasteiger charge is 2.18. The molecule has 2 aromatic carbocycles. The first-order chi connectivity index (χ1) is 13.0. The van der Waals surface area contributed by atoms with Crippen molar-refractivity contribution < 1.29 is 19.4 Å². The number of rotatable bonds is 8. The minimum atomic E-state index is -1.31. The first-order valence-electron chi connectivity index (χ1n) is 8.31. The molecular formula is C20H21Cl2NO4. The number of hydrogen-bond donors (Lipinski definition) is 2. The summed E-state index contributed by atoms with van der Waals surface area (Å²) in [5.74, 6) is 0.708. The Hall–Kier alpha value is -2.21. The van der Waals surface area contributed by atoms with Crippen LogP contribution in [0, 0.1) is 0 Å². The van der Waals surface area contributed by atoms with E-state index in [1.165, 1.54) is 6.07 Å². The Balaban J connectivity index is 1.93. The summed E-state index contributed by atoms with van der Waals surface area (Å²) in [5, 5.41) is 13.5. The molecule has 0 saturated heterocycles. The van der Waals surface area contributed by atoms with E-state index in [0.29, 0.717) is 35.1 Å². The van der Waals surface area contributed by atoms with E-state index >= 15 is 0 Å². The van der Waals surface area contributed by atoms with Gasteiger partial charge in [0.05, 0.1) is 23.4 Å². The SMILES string of the molecule is C/C=C/Oc1ccc(CCNC(=O)C(O)c2ccc(Cl)c(Cl)c2)cc1OC. The fraction of sp³-hybridized carbons (Fsp3) is 0.250. The van der Waals surface area contributed by atoms with Gasteiger partial charge < -0.3 is 19.9 Å². The monoisotopic (exact) mass is 409 g/mol. The van der Waals surface area contributed by atoms with Gasteiger partial charge in [-0.2, -0.15) is 0 Å². The molecule has 0 aliphatic heterocycles. The molecule has 27 heavy (non-hydrogen) atoms. The van der Waals surface area contributed by atoms with Crippen molar-refractivity contribution in [1.82, 2.24) is 5.32 Å². The van der Waals surface area contributed by atoms with Crippen molar-refractivity contribution in [3.05, 3.63) is 69.9 Å². The standard InChI is InChI=1S/C20H21Cl2NO4/c1-3-10-27-17-7-4-13(11-18(17)26-2)8-9-23-20(25)19(24)14-5-6-15(21)16(22)12-14/h3-7,10-12,19,24H,8-9H2,1-2H3,(H,23,25)/b10-3+. The van der Waals surface area contributed by atoms with E-state index in [1.54, 1.807) is 37.6 Å². The third kappa shape index (κ3) is 5.89. The number of hydrogen-bond acceptors (Lipinski definition) is 4. The van der Waals surface area contributed by atoms with Crippen molar-refractivity contribution in [2.24, 2.45) is 0 Å². The number of carbonyl (C=O) groups is 1. The van der Waals surface area contributed by atoms with Gasteiger partial charge in [0.15, 0.2) is 17.6 Å². The highest BCUT2D eigenvalue weighted by molar-refractivity contribution is 6.42. The predicted octanol–water partition coefficient (Wildman–Crippen LogP) is 4.31. The van der Waals surface area contributed by atoms with Crippen molar-refractivity contribution >= 4 is 29.1 Å². The predicted molar refractivity (Wildman–Crippen MR) is 107 cm³/mol. The first-order valence-corrected chi connectivity index (χ1v) is 9.07. The second-order valence-corrected chi connectivity index (χ2v) is 6.50. The maximum absolute atomic E-state index is 12.1. The van der Waals surface area contributed by atoms with Crippen molar-refractivity contribution in [2.45, 2.75) is 19.4 Å². The number of nitrogens with one attached hydrogen (secondary N) is 1. The van der Waals surface area contributed by atoms with E-state index < -0.39 is 12.0 Å². The quantitative estimate of drug-likeness (QED) is 0.637. The molecule has 1 atom stereocenters. The summed E-state index contributed by atoms with van der Waals surface area (Å²) < 4.78 is 10.8. The van der Waals surface area contributed by atoms with E-state index in [-0.39, 0.29) is 5.02 Å². The number of ether oxygens (including phenoxy) is 2. The molecule has 0 bridgehead atoms. The van der Waals surface area contributed by atoms with Gasteiger partial charge in [-0.3, -0.25) is 4.79 Å². The van der Waals surface area contributed by atoms with Crippen LogP contribution in [0.2, 0.25) is 10.0 Å². The van der Waals surface area contributed by atoms with Crippen LogP contribution in [0.15, 0.2) is 48.7 Å². The number of halogens is 2. The summed E-state index contributed by atoms with van der Waals surface area (Å²) in [4.78, 5) is 12.1. The van der Waals surface area contributed by atoms with E-state index in [0.717, 1.165) is 5.56 Å². The average Bonchev–Trinajstić information content (AvgIpc) is 2.68. The van der Waals surface area contributed by atoms with Gasteiger partial charge in [0.1, 0.15) is 0 Å². The Morgan fingerprint density at radius 2 is 1.96 bits per heavy atom. The minimum Gasteiger partial charge on any atom is -0.493 e. The van der Waals surface area contributed by atoms with E-state index in [4.69, 9.17) is 32.7 Å². The zero-order valence-electron chi connectivity index (χ0n) is 15.0. The number of aliphatic hydroxyl groups excluding tert-OH is 1. The van der Waals surface area contributed by atoms with Gasteiger partial charge in [0.25, 0.3) is 5.91 Å². The zero-order chi connectivity index (χ0) is 19.8. The normalized spacial score (nSPS) is 12.0. The van der Waals surface area contributed by atoms with Gasteiger partial charge in [-0.15, -0.1) is 0 Å². The zero-order valence-corrected chi connectivity index (χ0v) is 16.6. The fourth-order valence-electron chi connectivity index (χ4n) is 2.37. The lowest BCUT2D eigenvalue weighted by atomic mass is 10.1. The van der Waals surface area contributed by atoms with Gasteiger partial charge in [-0.1, -0.05) is 41.4 Å². The molecule has 0 aliphatic carbocycles. The molecule has 7 heteroatoms. The van der Waals surface area contributed by atoms with Crippen LogP contribution in [-0.4, -0.2) is 24.7 Å². The molecule has 0 spiro atoms. The maximum Gasteiger partial charge on any atom is 0.253 e. The Morgan fingerprint density at radius 1 is 1.19 bits per heavy atom. The van der Waals surface area contributed by atoms with E-state index in [9.17, 15) is 9.90 Å². The Bertz CT molecular complexity index is 824. The molecule has 2 rings (SSSR count). The Morgan fingerprint density at radius 3 is 2.63 bits per heavy atom. The molecule has 0 fully saturated rings. The molecule has 0 aliphatic rings. The number of methoxy groups -OCH3 is 1. The number of carbonyl (C=O) groups excluding carboxylic acids is 1. The topological polar surface area (TPSA) is 67.8 Å². The van der Waals surface area contributed by atoms with Crippen LogP contribution in [0.4, 0.5) is 0 Å². The number of aliphatic hydroxyl groups is 1. The van der Waals surface area contributed by atoms with Crippen LogP contribution in [0.5, 0.6) is 11.5 Å². The molecule has 5 nitrogen and oxygen atoms in total. The highest BCUT2D eigenvalue weighted by Crippen LogP contribution is 2.28. The van der Waals surface area contributed by atoms with Crippen molar-refractivity contribution in [1.29, 1.82) is 0 Å². The van der Waals surface area contributed by atoms with Crippen molar-refractivity contribution in [2.75, 3.05) is 13.7 Å².